The average Bonchev–Trinajstić information content (AvgIpc) is 2.78. The Morgan fingerprint density at radius 2 is 2.10 bits per heavy atom. The van der Waals surface area contributed by atoms with Gasteiger partial charge in [-0.25, -0.2) is 8.42 Å². The van der Waals surface area contributed by atoms with Crippen LogP contribution < -0.4 is 0 Å². The Labute approximate surface area is 126 Å². The summed E-state index contributed by atoms with van der Waals surface area (Å²) < 4.78 is 27.1. The lowest BCUT2D eigenvalue weighted by atomic mass is 9.93. The van der Waals surface area contributed by atoms with Crippen molar-refractivity contribution in [1.29, 1.82) is 0 Å². The zero-order chi connectivity index (χ0) is 15.7. The fraction of sp³-hybridized carbons (Fsp3) is 0.500. The Morgan fingerprint density at radius 1 is 1.38 bits per heavy atom. The van der Waals surface area contributed by atoms with Crippen LogP contribution >= 0.6 is 0 Å². The summed E-state index contributed by atoms with van der Waals surface area (Å²) in [6.45, 7) is 6.81. The molecule has 1 aliphatic rings. The molecule has 1 saturated heterocycles. The summed E-state index contributed by atoms with van der Waals surface area (Å²) in [6, 6.07) is 5.12. The van der Waals surface area contributed by atoms with Crippen LogP contribution in [0.3, 0.4) is 0 Å². The highest BCUT2D eigenvalue weighted by Crippen LogP contribution is 2.33. The highest BCUT2D eigenvalue weighted by Gasteiger charge is 2.37. The summed E-state index contributed by atoms with van der Waals surface area (Å²) in [7, 11) is -3.48. The van der Waals surface area contributed by atoms with Gasteiger partial charge in [0.05, 0.1) is 4.90 Å². The molecule has 21 heavy (non-hydrogen) atoms. The monoisotopic (exact) mass is 307 g/mol. The second kappa shape index (κ2) is 5.80. The van der Waals surface area contributed by atoms with Crippen LogP contribution in [0, 0.1) is 24.2 Å². The molecule has 1 heterocycles. The lowest BCUT2D eigenvalue weighted by Gasteiger charge is -2.20. The minimum absolute atomic E-state index is 0.0231. The van der Waals surface area contributed by atoms with Crippen molar-refractivity contribution >= 4 is 10.0 Å². The van der Waals surface area contributed by atoms with E-state index in [1.165, 1.54) is 0 Å². The average molecular weight is 307 g/mol. The number of aliphatic hydroxyl groups excluding tert-OH is 1. The highest BCUT2D eigenvalue weighted by atomic mass is 32.2. The van der Waals surface area contributed by atoms with E-state index in [2.05, 4.69) is 25.7 Å². The number of aryl methyl sites for hydroxylation is 1. The summed E-state index contributed by atoms with van der Waals surface area (Å²) >= 11 is 0. The molecule has 0 unspecified atom stereocenters. The van der Waals surface area contributed by atoms with Gasteiger partial charge in [-0.05, 0) is 36.5 Å². The maximum Gasteiger partial charge on any atom is 0.243 e. The molecule has 1 aliphatic heterocycles. The van der Waals surface area contributed by atoms with Gasteiger partial charge < -0.3 is 5.11 Å². The highest BCUT2D eigenvalue weighted by molar-refractivity contribution is 7.89. The van der Waals surface area contributed by atoms with E-state index in [9.17, 15) is 8.42 Å². The van der Waals surface area contributed by atoms with Gasteiger partial charge in [0.2, 0.25) is 10.0 Å². The second-order valence-electron chi connectivity index (χ2n) is 6.19. The van der Waals surface area contributed by atoms with E-state index >= 15 is 0 Å². The number of hydrogen-bond acceptors (Lipinski definition) is 3. The summed E-state index contributed by atoms with van der Waals surface area (Å²) in [5, 5.41) is 8.74. The predicted molar refractivity (Wildman–Crippen MR) is 82.3 cm³/mol. The summed E-state index contributed by atoms with van der Waals surface area (Å²) in [4.78, 5) is 0.310. The Bertz CT molecular complexity index is 696. The van der Waals surface area contributed by atoms with Crippen LogP contribution in [0.4, 0.5) is 0 Å². The smallest absolute Gasteiger partial charge is 0.243 e. The molecular formula is C16H21NO3S. The standard InChI is InChI=1S/C16H21NO3S/c1-13-6-7-14(5-4-10-18)11-15(13)21(19,20)17-9-8-16(2,3)12-17/h6-7,11,18H,8-10,12H2,1-3H3. The molecule has 0 atom stereocenters. The summed E-state index contributed by atoms with van der Waals surface area (Å²) in [6.07, 6.45) is 0.870. The van der Waals surface area contributed by atoms with Crippen molar-refractivity contribution in [1.82, 2.24) is 4.31 Å². The van der Waals surface area contributed by atoms with Crippen LogP contribution in [0.5, 0.6) is 0 Å². The van der Waals surface area contributed by atoms with Gasteiger partial charge in [0.1, 0.15) is 6.61 Å². The van der Waals surface area contributed by atoms with Gasteiger partial charge in [-0.2, -0.15) is 4.31 Å². The summed E-state index contributed by atoms with van der Waals surface area (Å²) in [5.74, 6) is 5.30. The van der Waals surface area contributed by atoms with E-state index in [1.54, 1.807) is 29.4 Å². The van der Waals surface area contributed by atoms with Crippen molar-refractivity contribution in [3.8, 4) is 11.8 Å². The predicted octanol–water partition coefficient (Wildman–Crippen LogP) is 1.76. The third-order valence-corrected chi connectivity index (χ3v) is 5.75. The fourth-order valence-corrected chi connectivity index (χ4v) is 4.38. The van der Waals surface area contributed by atoms with Crippen LogP contribution in [-0.4, -0.2) is 37.5 Å². The molecule has 1 fully saturated rings. The van der Waals surface area contributed by atoms with Crippen molar-refractivity contribution in [2.75, 3.05) is 19.7 Å². The van der Waals surface area contributed by atoms with Gasteiger partial charge in [0, 0.05) is 18.7 Å². The van der Waals surface area contributed by atoms with Gasteiger partial charge in [-0.1, -0.05) is 31.8 Å². The third-order valence-electron chi connectivity index (χ3n) is 3.76. The SMILES string of the molecule is Cc1ccc(C#CCO)cc1S(=O)(=O)N1CCC(C)(C)C1. The van der Waals surface area contributed by atoms with Crippen molar-refractivity contribution < 1.29 is 13.5 Å². The van der Waals surface area contributed by atoms with E-state index < -0.39 is 10.0 Å². The molecular weight excluding hydrogens is 286 g/mol. The van der Waals surface area contributed by atoms with E-state index in [1.807, 2.05) is 0 Å². The molecule has 4 nitrogen and oxygen atoms in total. The fourth-order valence-electron chi connectivity index (χ4n) is 2.50. The van der Waals surface area contributed by atoms with E-state index in [-0.39, 0.29) is 12.0 Å². The van der Waals surface area contributed by atoms with Gasteiger partial charge in [0.25, 0.3) is 0 Å². The van der Waals surface area contributed by atoms with Crippen molar-refractivity contribution in [3.05, 3.63) is 29.3 Å². The second-order valence-corrected chi connectivity index (χ2v) is 8.10. The van der Waals surface area contributed by atoms with Crippen LogP contribution in [0.25, 0.3) is 0 Å². The first-order valence-corrected chi connectivity index (χ1v) is 8.41. The van der Waals surface area contributed by atoms with Gasteiger partial charge in [0.15, 0.2) is 0 Å². The quantitative estimate of drug-likeness (QED) is 0.847. The number of aliphatic hydroxyl groups is 1. The molecule has 0 bridgehead atoms. The molecule has 0 aromatic heterocycles. The first-order chi connectivity index (χ1) is 9.76. The minimum Gasteiger partial charge on any atom is -0.384 e. The van der Waals surface area contributed by atoms with Crippen LogP contribution in [-0.2, 0) is 10.0 Å². The summed E-state index contributed by atoms with van der Waals surface area (Å²) in [5.41, 5.74) is 1.34. The van der Waals surface area contributed by atoms with Crippen molar-refractivity contribution in [3.63, 3.8) is 0 Å². The van der Waals surface area contributed by atoms with E-state index in [0.717, 1.165) is 6.42 Å². The van der Waals surface area contributed by atoms with E-state index in [4.69, 9.17) is 5.11 Å². The molecule has 1 aromatic rings. The molecule has 1 N–H and O–H groups in total. The first-order valence-electron chi connectivity index (χ1n) is 6.97. The topological polar surface area (TPSA) is 57.6 Å². The van der Waals surface area contributed by atoms with Gasteiger partial charge >= 0.3 is 0 Å². The minimum atomic E-state index is -3.48. The van der Waals surface area contributed by atoms with Gasteiger partial charge in [-0.3, -0.25) is 0 Å². The zero-order valence-electron chi connectivity index (χ0n) is 12.7. The van der Waals surface area contributed by atoms with Crippen LogP contribution in [0.2, 0.25) is 0 Å². The Hall–Kier alpha value is -1.35. The number of sulfonamides is 1. The van der Waals surface area contributed by atoms with Gasteiger partial charge in [-0.15, -0.1) is 0 Å². The third kappa shape index (κ3) is 3.46. The number of benzene rings is 1. The molecule has 0 spiro atoms. The lowest BCUT2D eigenvalue weighted by Crippen LogP contribution is -2.30. The number of hydrogen-bond donors (Lipinski definition) is 1. The Morgan fingerprint density at radius 3 is 2.67 bits per heavy atom. The molecule has 0 radical (unpaired) electrons. The van der Waals surface area contributed by atoms with E-state index in [0.29, 0.717) is 29.1 Å². The molecule has 0 aliphatic carbocycles. The molecule has 1 aromatic carbocycles. The first kappa shape index (κ1) is 16.0. The van der Waals surface area contributed by atoms with Crippen molar-refractivity contribution in [2.24, 2.45) is 5.41 Å². The Balaban J connectivity index is 2.40. The van der Waals surface area contributed by atoms with Crippen LogP contribution in [0.1, 0.15) is 31.4 Å². The molecule has 0 saturated carbocycles. The number of rotatable bonds is 2. The molecule has 114 valence electrons. The van der Waals surface area contributed by atoms with Crippen LogP contribution in [0.15, 0.2) is 23.1 Å². The zero-order valence-corrected chi connectivity index (χ0v) is 13.5. The maximum atomic E-state index is 12.8. The molecule has 2 rings (SSSR count). The lowest BCUT2D eigenvalue weighted by molar-refractivity contribution is 0.350. The largest absolute Gasteiger partial charge is 0.384 e. The Kier molecular flexibility index (Phi) is 4.43. The normalized spacial score (nSPS) is 18.3. The number of nitrogens with zero attached hydrogens (tertiary/aromatic N) is 1. The maximum absolute atomic E-state index is 12.8. The van der Waals surface area contributed by atoms with Crippen molar-refractivity contribution in [2.45, 2.75) is 32.1 Å². The molecule has 0 amide bonds. The molecule has 5 heteroatoms.